The number of benzene rings is 1. The second kappa shape index (κ2) is 6.64. The van der Waals surface area contributed by atoms with Crippen molar-refractivity contribution in [3.8, 4) is 0 Å². The fourth-order valence-electron chi connectivity index (χ4n) is 1.59. The Bertz CT molecular complexity index is 432. The average molecular weight is 250 g/mol. The molecule has 98 valence electrons. The van der Waals surface area contributed by atoms with Crippen LogP contribution < -0.4 is 10.6 Å². The van der Waals surface area contributed by atoms with E-state index in [1.165, 1.54) is 0 Å². The minimum absolute atomic E-state index is 0.413. The van der Waals surface area contributed by atoms with Crippen LogP contribution in [0.4, 0.5) is 10.5 Å². The Balaban J connectivity index is 2.57. The van der Waals surface area contributed by atoms with Gasteiger partial charge in [0.1, 0.15) is 6.04 Å². The molecule has 5 heteroatoms. The lowest BCUT2D eigenvalue weighted by atomic mass is 10.2. The number of amides is 2. The van der Waals surface area contributed by atoms with Gasteiger partial charge in [0.15, 0.2) is 0 Å². The van der Waals surface area contributed by atoms with Gasteiger partial charge in [-0.2, -0.15) is 0 Å². The second-order valence-corrected chi connectivity index (χ2v) is 4.15. The van der Waals surface area contributed by atoms with E-state index in [9.17, 15) is 9.59 Å². The van der Waals surface area contributed by atoms with E-state index in [2.05, 4.69) is 10.6 Å². The maximum atomic E-state index is 11.6. The molecule has 0 aliphatic heterocycles. The van der Waals surface area contributed by atoms with Gasteiger partial charge in [0.2, 0.25) is 0 Å². The predicted octanol–water partition coefficient (Wildman–Crippen LogP) is 2.37. The van der Waals surface area contributed by atoms with Gasteiger partial charge in [0, 0.05) is 5.69 Å². The molecular weight excluding hydrogens is 232 g/mol. The number of carbonyl (C=O) groups is 2. The van der Waals surface area contributed by atoms with Crippen molar-refractivity contribution < 1.29 is 14.7 Å². The highest BCUT2D eigenvalue weighted by molar-refractivity contribution is 5.92. The molecule has 1 aromatic rings. The van der Waals surface area contributed by atoms with Gasteiger partial charge < -0.3 is 15.7 Å². The summed E-state index contributed by atoms with van der Waals surface area (Å²) in [6, 6.07) is 5.96. The third-order valence-corrected chi connectivity index (χ3v) is 2.46. The van der Waals surface area contributed by atoms with Crippen molar-refractivity contribution in [1.29, 1.82) is 0 Å². The van der Waals surface area contributed by atoms with Crippen LogP contribution in [0.25, 0.3) is 0 Å². The molecule has 0 aromatic heterocycles. The number of hydrogen-bond acceptors (Lipinski definition) is 2. The Labute approximate surface area is 106 Å². The van der Waals surface area contributed by atoms with Crippen LogP contribution in [-0.4, -0.2) is 23.1 Å². The molecule has 0 fully saturated rings. The Morgan fingerprint density at radius 3 is 2.67 bits per heavy atom. The Morgan fingerprint density at radius 2 is 2.11 bits per heavy atom. The van der Waals surface area contributed by atoms with E-state index in [1.807, 2.05) is 32.0 Å². The summed E-state index contributed by atoms with van der Waals surface area (Å²) in [6.07, 6.45) is 1.11. The molecule has 0 aliphatic rings. The van der Waals surface area contributed by atoms with E-state index in [0.29, 0.717) is 18.5 Å². The average Bonchev–Trinajstić information content (AvgIpc) is 2.28. The van der Waals surface area contributed by atoms with Gasteiger partial charge in [-0.25, -0.2) is 9.59 Å². The maximum Gasteiger partial charge on any atom is 0.326 e. The summed E-state index contributed by atoms with van der Waals surface area (Å²) in [5.74, 6) is -1.02. The number of carboxylic acid groups (broad SMARTS) is 1. The van der Waals surface area contributed by atoms with Gasteiger partial charge in [0.25, 0.3) is 0 Å². The topological polar surface area (TPSA) is 78.4 Å². The van der Waals surface area contributed by atoms with Crippen LogP contribution in [0.3, 0.4) is 0 Å². The minimum atomic E-state index is -1.02. The van der Waals surface area contributed by atoms with E-state index in [1.54, 1.807) is 6.07 Å². The van der Waals surface area contributed by atoms with Crippen molar-refractivity contribution in [2.24, 2.45) is 0 Å². The SMILES string of the molecule is CCC[C@H](NC(=O)Nc1cccc(C)c1)C(=O)O. The third kappa shape index (κ3) is 4.45. The van der Waals surface area contributed by atoms with Crippen molar-refractivity contribution in [1.82, 2.24) is 5.32 Å². The fraction of sp³-hybridized carbons (Fsp3) is 0.385. The van der Waals surface area contributed by atoms with Crippen LogP contribution in [0, 0.1) is 6.92 Å². The molecule has 0 bridgehead atoms. The molecule has 0 radical (unpaired) electrons. The molecule has 1 aromatic carbocycles. The Hall–Kier alpha value is -2.04. The van der Waals surface area contributed by atoms with Crippen molar-refractivity contribution >= 4 is 17.7 Å². The molecule has 0 saturated carbocycles. The summed E-state index contributed by atoms with van der Waals surface area (Å²) < 4.78 is 0. The predicted molar refractivity (Wildman–Crippen MR) is 69.7 cm³/mol. The number of rotatable bonds is 5. The Kier molecular flexibility index (Phi) is 5.17. The fourth-order valence-corrected chi connectivity index (χ4v) is 1.59. The Morgan fingerprint density at radius 1 is 1.39 bits per heavy atom. The summed E-state index contributed by atoms with van der Waals surface area (Å²) in [5, 5.41) is 14.0. The highest BCUT2D eigenvalue weighted by Crippen LogP contribution is 2.09. The molecule has 2 amide bonds. The third-order valence-electron chi connectivity index (χ3n) is 2.46. The molecule has 1 atom stereocenters. The summed E-state index contributed by atoms with van der Waals surface area (Å²) in [6.45, 7) is 3.79. The van der Waals surface area contributed by atoms with Crippen molar-refractivity contribution in [3.63, 3.8) is 0 Å². The van der Waals surface area contributed by atoms with Crippen LogP contribution in [0.15, 0.2) is 24.3 Å². The number of nitrogens with one attached hydrogen (secondary N) is 2. The van der Waals surface area contributed by atoms with Gasteiger partial charge in [-0.3, -0.25) is 0 Å². The first kappa shape index (κ1) is 14.0. The smallest absolute Gasteiger partial charge is 0.326 e. The first-order chi connectivity index (χ1) is 8.52. The van der Waals surface area contributed by atoms with Crippen LogP contribution >= 0.6 is 0 Å². The molecule has 0 heterocycles. The van der Waals surface area contributed by atoms with Gasteiger partial charge >= 0.3 is 12.0 Å². The maximum absolute atomic E-state index is 11.6. The quantitative estimate of drug-likeness (QED) is 0.750. The largest absolute Gasteiger partial charge is 0.480 e. The van der Waals surface area contributed by atoms with E-state index in [4.69, 9.17) is 5.11 Å². The van der Waals surface area contributed by atoms with Crippen LogP contribution in [0.5, 0.6) is 0 Å². The number of anilines is 1. The molecule has 0 spiro atoms. The number of carbonyl (C=O) groups excluding carboxylic acids is 1. The van der Waals surface area contributed by atoms with Crippen LogP contribution in [0.1, 0.15) is 25.3 Å². The van der Waals surface area contributed by atoms with E-state index < -0.39 is 18.0 Å². The zero-order valence-corrected chi connectivity index (χ0v) is 10.6. The number of aliphatic carboxylic acids is 1. The number of hydrogen-bond donors (Lipinski definition) is 3. The highest BCUT2D eigenvalue weighted by Gasteiger charge is 2.18. The monoisotopic (exact) mass is 250 g/mol. The molecule has 0 unspecified atom stereocenters. The molecule has 5 nitrogen and oxygen atoms in total. The zero-order chi connectivity index (χ0) is 13.5. The molecule has 3 N–H and O–H groups in total. The summed E-state index contributed by atoms with van der Waals surface area (Å²) >= 11 is 0. The lowest BCUT2D eigenvalue weighted by Gasteiger charge is -2.14. The highest BCUT2D eigenvalue weighted by atomic mass is 16.4. The lowest BCUT2D eigenvalue weighted by molar-refractivity contribution is -0.139. The molecule has 18 heavy (non-hydrogen) atoms. The molecule has 0 saturated heterocycles. The van der Waals surface area contributed by atoms with E-state index >= 15 is 0 Å². The number of aryl methyl sites for hydroxylation is 1. The summed E-state index contributed by atoms with van der Waals surface area (Å²) in [4.78, 5) is 22.5. The van der Waals surface area contributed by atoms with Gasteiger partial charge in [0.05, 0.1) is 0 Å². The minimum Gasteiger partial charge on any atom is -0.480 e. The molecule has 0 aliphatic carbocycles. The van der Waals surface area contributed by atoms with Gasteiger partial charge in [-0.15, -0.1) is 0 Å². The standard InChI is InChI=1S/C13H18N2O3/c1-3-5-11(12(16)17)15-13(18)14-10-7-4-6-9(2)8-10/h4,6-8,11H,3,5H2,1-2H3,(H,16,17)(H2,14,15,18)/t11-/m0/s1. The van der Waals surface area contributed by atoms with Crippen LogP contribution in [0.2, 0.25) is 0 Å². The zero-order valence-electron chi connectivity index (χ0n) is 10.6. The molecule has 1 rings (SSSR count). The van der Waals surface area contributed by atoms with E-state index in [-0.39, 0.29) is 0 Å². The summed E-state index contributed by atoms with van der Waals surface area (Å²) in [7, 11) is 0. The number of urea groups is 1. The van der Waals surface area contributed by atoms with Gasteiger partial charge in [-0.05, 0) is 31.0 Å². The van der Waals surface area contributed by atoms with Gasteiger partial charge in [-0.1, -0.05) is 25.5 Å². The molecular formula is C13H18N2O3. The second-order valence-electron chi connectivity index (χ2n) is 4.15. The van der Waals surface area contributed by atoms with Crippen LogP contribution in [-0.2, 0) is 4.79 Å². The van der Waals surface area contributed by atoms with Crippen molar-refractivity contribution in [2.75, 3.05) is 5.32 Å². The van der Waals surface area contributed by atoms with Crippen molar-refractivity contribution in [2.45, 2.75) is 32.7 Å². The van der Waals surface area contributed by atoms with Crippen molar-refractivity contribution in [3.05, 3.63) is 29.8 Å². The number of carboxylic acids is 1. The first-order valence-electron chi connectivity index (χ1n) is 5.90. The summed E-state index contributed by atoms with van der Waals surface area (Å²) in [5.41, 5.74) is 1.67. The normalized spacial score (nSPS) is 11.7. The lowest BCUT2D eigenvalue weighted by Crippen LogP contribution is -2.42. The first-order valence-corrected chi connectivity index (χ1v) is 5.90. The van der Waals surface area contributed by atoms with E-state index in [0.717, 1.165) is 5.56 Å².